The Morgan fingerprint density at radius 1 is 1.43 bits per heavy atom. The second-order valence-electron chi connectivity index (χ2n) is 4.78. The van der Waals surface area contributed by atoms with Crippen LogP contribution in [-0.2, 0) is 23.2 Å². The van der Waals surface area contributed by atoms with Gasteiger partial charge in [0.05, 0.1) is 12.3 Å². The van der Waals surface area contributed by atoms with Gasteiger partial charge < -0.3 is 9.67 Å². The van der Waals surface area contributed by atoms with Crippen LogP contribution in [0.5, 0.6) is 0 Å². The molecule has 0 fully saturated rings. The van der Waals surface area contributed by atoms with Gasteiger partial charge in [-0.1, -0.05) is 6.92 Å². The average molecular weight is 329 g/mol. The number of aryl methyl sites for hydroxylation is 3. The van der Waals surface area contributed by atoms with Crippen molar-refractivity contribution in [3.8, 4) is 0 Å². The number of nitrogens with zero attached hydrogens (tertiary/aromatic N) is 2. The summed E-state index contributed by atoms with van der Waals surface area (Å²) in [4.78, 5) is 5.30. The SMILES string of the molecule is CCCn1cc(S(=O)(=O)Nc2nc(C)c(C)s2)cc1CO. The third kappa shape index (κ3) is 3.45. The molecular formula is C13H19N3O3S2. The van der Waals surface area contributed by atoms with Gasteiger partial charge in [-0.15, -0.1) is 11.3 Å². The number of thiazole rings is 1. The number of sulfonamides is 1. The molecule has 116 valence electrons. The minimum absolute atomic E-state index is 0.144. The van der Waals surface area contributed by atoms with E-state index in [4.69, 9.17) is 0 Å². The molecule has 0 unspecified atom stereocenters. The molecule has 0 spiro atoms. The first kappa shape index (κ1) is 16.0. The summed E-state index contributed by atoms with van der Waals surface area (Å²) in [6, 6.07) is 1.49. The zero-order valence-electron chi connectivity index (χ0n) is 12.3. The van der Waals surface area contributed by atoms with Crippen LogP contribution in [0.4, 0.5) is 5.13 Å². The Morgan fingerprint density at radius 2 is 2.14 bits per heavy atom. The van der Waals surface area contributed by atoms with Crippen LogP contribution in [-0.4, -0.2) is 23.1 Å². The monoisotopic (exact) mass is 329 g/mol. The number of hydrogen-bond acceptors (Lipinski definition) is 5. The van der Waals surface area contributed by atoms with Crippen LogP contribution in [0.25, 0.3) is 0 Å². The van der Waals surface area contributed by atoms with Gasteiger partial charge in [0.25, 0.3) is 10.0 Å². The Morgan fingerprint density at radius 3 is 2.67 bits per heavy atom. The molecule has 2 heterocycles. The highest BCUT2D eigenvalue weighted by Crippen LogP contribution is 2.25. The predicted molar refractivity (Wildman–Crippen MR) is 83.0 cm³/mol. The lowest BCUT2D eigenvalue weighted by Gasteiger charge is -2.04. The van der Waals surface area contributed by atoms with Crippen molar-refractivity contribution in [3.05, 3.63) is 28.5 Å². The maximum atomic E-state index is 12.4. The topological polar surface area (TPSA) is 84.2 Å². The van der Waals surface area contributed by atoms with Gasteiger partial charge in [-0.05, 0) is 26.3 Å². The van der Waals surface area contributed by atoms with Crippen molar-refractivity contribution in [3.63, 3.8) is 0 Å². The van der Waals surface area contributed by atoms with Crippen LogP contribution < -0.4 is 4.72 Å². The minimum Gasteiger partial charge on any atom is -0.390 e. The number of nitrogens with one attached hydrogen (secondary N) is 1. The Bertz CT molecular complexity index is 712. The Labute approximate surface area is 128 Å². The van der Waals surface area contributed by atoms with Crippen molar-refractivity contribution < 1.29 is 13.5 Å². The molecule has 0 aromatic carbocycles. The first-order valence-corrected chi connectivity index (χ1v) is 8.94. The van der Waals surface area contributed by atoms with Gasteiger partial charge in [0, 0.05) is 23.3 Å². The predicted octanol–water partition coefficient (Wildman–Crippen LogP) is 2.26. The number of aromatic nitrogens is 2. The van der Waals surface area contributed by atoms with E-state index in [1.807, 2.05) is 20.8 Å². The maximum absolute atomic E-state index is 12.4. The standard InChI is InChI=1S/C13H19N3O3S2/c1-4-5-16-7-12(6-11(16)8-17)21(18,19)15-13-14-9(2)10(3)20-13/h6-7,17H,4-5,8H2,1-3H3,(H,14,15). The minimum atomic E-state index is -3.68. The first-order chi connectivity index (χ1) is 9.87. The number of hydrogen-bond donors (Lipinski definition) is 2. The van der Waals surface area contributed by atoms with Crippen molar-refractivity contribution in [2.24, 2.45) is 0 Å². The van der Waals surface area contributed by atoms with E-state index in [1.54, 1.807) is 10.8 Å². The van der Waals surface area contributed by atoms with E-state index < -0.39 is 10.0 Å². The number of aliphatic hydroxyl groups excluding tert-OH is 1. The fourth-order valence-electron chi connectivity index (χ4n) is 1.94. The van der Waals surface area contributed by atoms with Crippen LogP contribution in [0, 0.1) is 13.8 Å². The summed E-state index contributed by atoms with van der Waals surface area (Å²) in [5.74, 6) is 0. The number of aliphatic hydroxyl groups is 1. The lowest BCUT2D eigenvalue weighted by molar-refractivity contribution is 0.270. The molecule has 2 aromatic heterocycles. The van der Waals surface area contributed by atoms with E-state index in [2.05, 4.69) is 9.71 Å². The molecule has 0 saturated carbocycles. The molecule has 0 aliphatic rings. The molecule has 2 rings (SSSR count). The highest BCUT2D eigenvalue weighted by molar-refractivity contribution is 7.93. The molecule has 8 heteroatoms. The summed E-state index contributed by atoms with van der Waals surface area (Å²) in [6.45, 7) is 6.21. The maximum Gasteiger partial charge on any atom is 0.265 e. The molecule has 21 heavy (non-hydrogen) atoms. The van der Waals surface area contributed by atoms with Crippen LogP contribution in [0.1, 0.15) is 29.6 Å². The highest BCUT2D eigenvalue weighted by atomic mass is 32.2. The summed E-state index contributed by atoms with van der Waals surface area (Å²) in [6.07, 6.45) is 2.41. The second kappa shape index (κ2) is 6.17. The van der Waals surface area contributed by atoms with Crippen LogP contribution in [0.2, 0.25) is 0 Å². The fourth-order valence-corrected chi connectivity index (χ4v) is 4.06. The van der Waals surface area contributed by atoms with Crippen molar-refractivity contribution in [1.82, 2.24) is 9.55 Å². The molecule has 0 atom stereocenters. The van der Waals surface area contributed by atoms with Crippen LogP contribution in [0.3, 0.4) is 0 Å². The third-order valence-corrected chi connectivity index (χ3v) is 5.57. The quantitative estimate of drug-likeness (QED) is 0.851. The van der Waals surface area contributed by atoms with Gasteiger partial charge in [0.15, 0.2) is 5.13 Å². The summed E-state index contributed by atoms with van der Waals surface area (Å²) in [5.41, 5.74) is 1.40. The molecule has 0 saturated heterocycles. The van der Waals surface area contributed by atoms with E-state index in [1.165, 1.54) is 17.4 Å². The molecule has 0 aliphatic heterocycles. The van der Waals surface area contributed by atoms with E-state index >= 15 is 0 Å². The van der Waals surface area contributed by atoms with Gasteiger partial charge in [-0.25, -0.2) is 13.4 Å². The van der Waals surface area contributed by atoms with E-state index in [0.29, 0.717) is 17.4 Å². The largest absolute Gasteiger partial charge is 0.390 e. The average Bonchev–Trinajstić information content (AvgIpc) is 2.94. The summed E-state index contributed by atoms with van der Waals surface area (Å²) in [5, 5.41) is 9.67. The summed E-state index contributed by atoms with van der Waals surface area (Å²) in [7, 11) is -3.68. The van der Waals surface area contributed by atoms with Gasteiger partial charge in [0.1, 0.15) is 4.90 Å². The fraction of sp³-hybridized carbons (Fsp3) is 0.462. The number of rotatable bonds is 6. The molecular weight excluding hydrogens is 310 g/mol. The molecule has 0 radical (unpaired) electrons. The lowest BCUT2D eigenvalue weighted by atomic mass is 10.4. The second-order valence-corrected chi connectivity index (χ2v) is 7.67. The summed E-state index contributed by atoms with van der Waals surface area (Å²) < 4.78 is 29.0. The first-order valence-electron chi connectivity index (χ1n) is 6.64. The molecule has 2 aromatic rings. The van der Waals surface area contributed by atoms with Crippen LogP contribution >= 0.6 is 11.3 Å². The van der Waals surface area contributed by atoms with Gasteiger partial charge in [-0.3, -0.25) is 4.72 Å². The zero-order chi connectivity index (χ0) is 15.6. The van der Waals surface area contributed by atoms with Crippen molar-refractivity contribution in [2.45, 2.75) is 45.2 Å². The molecule has 6 nitrogen and oxygen atoms in total. The molecule has 2 N–H and O–H groups in total. The van der Waals surface area contributed by atoms with Crippen molar-refractivity contribution >= 4 is 26.5 Å². The van der Waals surface area contributed by atoms with Gasteiger partial charge in [0.2, 0.25) is 0 Å². The highest BCUT2D eigenvalue weighted by Gasteiger charge is 2.20. The molecule has 0 amide bonds. The van der Waals surface area contributed by atoms with Gasteiger partial charge >= 0.3 is 0 Å². The third-order valence-electron chi connectivity index (χ3n) is 3.15. The Balaban J connectivity index is 2.30. The molecule has 0 bridgehead atoms. The zero-order valence-corrected chi connectivity index (χ0v) is 13.9. The number of anilines is 1. The van der Waals surface area contributed by atoms with E-state index in [-0.39, 0.29) is 11.5 Å². The van der Waals surface area contributed by atoms with Gasteiger partial charge in [-0.2, -0.15) is 0 Å². The lowest BCUT2D eigenvalue weighted by Crippen LogP contribution is -2.12. The Kier molecular flexibility index (Phi) is 4.70. The molecule has 0 aliphatic carbocycles. The summed E-state index contributed by atoms with van der Waals surface area (Å²) >= 11 is 1.31. The van der Waals surface area contributed by atoms with Crippen molar-refractivity contribution in [2.75, 3.05) is 4.72 Å². The van der Waals surface area contributed by atoms with E-state index in [0.717, 1.165) is 17.0 Å². The van der Waals surface area contributed by atoms with E-state index in [9.17, 15) is 13.5 Å². The van der Waals surface area contributed by atoms with Crippen LogP contribution in [0.15, 0.2) is 17.2 Å². The Hall–Kier alpha value is -1.38. The van der Waals surface area contributed by atoms with Crippen molar-refractivity contribution in [1.29, 1.82) is 0 Å². The smallest absolute Gasteiger partial charge is 0.265 e. The normalized spacial score (nSPS) is 11.8.